The Hall–Kier alpha value is -1.42. The highest BCUT2D eigenvalue weighted by atomic mass is 127. The number of nitrogens with zero attached hydrogens (tertiary/aromatic N) is 1. The van der Waals surface area contributed by atoms with Gasteiger partial charge in [0.05, 0.1) is 23.8 Å². The van der Waals surface area contributed by atoms with Gasteiger partial charge < -0.3 is 24.5 Å². The van der Waals surface area contributed by atoms with E-state index in [-0.39, 0.29) is 30.8 Å². The van der Waals surface area contributed by atoms with Crippen LogP contribution in [-0.4, -0.2) is 19.3 Å². The molecule has 8 heteroatoms. The lowest BCUT2D eigenvalue weighted by atomic mass is 10.2. The molecule has 1 aliphatic rings. The topological polar surface area (TPSA) is 68.0 Å². The third-order valence-corrected chi connectivity index (χ3v) is 3.85. The van der Waals surface area contributed by atoms with Gasteiger partial charge in [-0.25, -0.2) is 4.99 Å². The number of furan rings is 1. The van der Waals surface area contributed by atoms with E-state index >= 15 is 0 Å². The number of benzene rings is 1. The van der Waals surface area contributed by atoms with E-state index in [1.54, 1.807) is 6.26 Å². The van der Waals surface area contributed by atoms with Crippen LogP contribution >= 0.6 is 39.9 Å². The van der Waals surface area contributed by atoms with Crippen molar-refractivity contribution in [1.29, 1.82) is 0 Å². The number of halogens is 2. The van der Waals surface area contributed by atoms with Gasteiger partial charge in [-0.2, -0.15) is 0 Å². The molecule has 0 saturated heterocycles. The van der Waals surface area contributed by atoms with Gasteiger partial charge >= 0.3 is 0 Å². The van der Waals surface area contributed by atoms with Crippen LogP contribution in [0.1, 0.15) is 18.2 Å². The Morgan fingerprint density at radius 2 is 2.17 bits per heavy atom. The SMILES string of the molecule is CCNC(=NCc1cc(Br)c2c(c1)OCO2)NCc1ccco1.I. The summed E-state index contributed by atoms with van der Waals surface area (Å²) in [6.07, 6.45) is 1.66. The zero-order chi connectivity index (χ0) is 16.1. The second kappa shape index (κ2) is 9.16. The van der Waals surface area contributed by atoms with E-state index in [2.05, 4.69) is 31.6 Å². The summed E-state index contributed by atoms with van der Waals surface area (Å²) in [5, 5.41) is 6.45. The lowest BCUT2D eigenvalue weighted by Crippen LogP contribution is -2.36. The fourth-order valence-corrected chi connectivity index (χ4v) is 2.81. The maximum Gasteiger partial charge on any atom is 0.231 e. The van der Waals surface area contributed by atoms with E-state index in [0.29, 0.717) is 13.1 Å². The first kappa shape index (κ1) is 18.9. The van der Waals surface area contributed by atoms with Crippen molar-refractivity contribution in [3.8, 4) is 11.5 Å². The molecule has 130 valence electrons. The van der Waals surface area contributed by atoms with Gasteiger partial charge in [0.2, 0.25) is 6.79 Å². The van der Waals surface area contributed by atoms with Crippen molar-refractivity contribution in [1.82, 2.24) is 10.6 Å². The summed E-state index contributed by atoms with van der Waals surface area (Å²) in [4.78, 5) is 4.59. The summed E-state index contributed by atoms with van der Waals surface area (Å²) in [5.41, 5.74) is 1.04. The number of fused-ring (bicyclic) bond motifs is 1. The van der Waals surface area contributed by atoms with Crippen LogP contribution < -0.4 is 20.1 Å². The number of hydrogen-bond donors (Lipinski definition) is 2. The van der Waals surface area contributed by atoms with Gasteiger partial charge in [-0.1, -0.05) is 0 Å². The van der Waals surface area contributed by atoms with Crippen molar-refractivity contribution in [3.05, 3.63) is 46.3 Å². The Kier molecular flexibility index (Phi) is 7.22. The molecular formula is C16H19BrIN3O3. The minimum atomic E-state index is 0. The normalized spacial score (nSPS) is 12.7. The zero-order valence-electron chi connectivity index (χ0n) is 13.2. The molecule has 2 aromatic rings. The van der Waals surface area contributed by atoms with Crippen molar-refractivity contribution in [2.45, 2.75) is 20.0 Å². The molecule has 6 nitrogen and oxygen atoms in total. The monoisotopic (exact) mass is 507 g/mol. The minimum absolute atomic E-state index is 0. The molecule has 1 aliphatic heterocycles. The van der Waals surface area contributed by atoms with Crippen molar-refractivity contribution >= 4 is 45.9 Å². The Bertz CT molecular complexity index is 692. The third kappa shape index (κ3) is 4.79. The van der Waals surface area contributed by atoms with Gasteiger partial charge in [-0.05, 0) is 52.7 Å². The Balaban J connectivity index is 0.00000208. The Morgan fingerprint density at radius 3 is 2.92 bits per heavy atom. The summed E-state index contributed by atoms with van der Waals surface area (Å²) in [7, 11) is 0. The number of rotatable bonds is 5. The average Bonchev–Trinajstić information content (AvgIpc) is 3.21. The maximum absolute atomic E-state index is 5.43. The lowest BCUT2D eigenvalue weighted by molar-refractivity contribution is 0.173. The minimum Gasteiger partial charge on any atom is -0.467 e. The fraction of sp³-hybridized carbons (Fsp3) is 0.312. The van der Waals surface area contributed by atoms with Crippen molar-refractivity contribution < 1.29 is 13.9 Å². The molecule has 2 N–H and O–H groups in total. The molecule has 0 fully saturated rings. The van der Waals surface area contributed by atoms with Crippen LogP contribution in [0.2, 0.25) is 0 Å². The van der Waals surface area contributed by atoms with Crippen LogP contribution in [0.3, 0.4) is 0 Å². The van der Waals surface area contributed by atoms with E-state index in [9.17, 15) is 0 Å². The van der Waals surface area contributed by atoms with E-state index < -0.39 is 0 Å². The molecule has 1 aromatic heterocycles. The van der Waals surface area contributed by atoms with Gasteiger partial charge in [0, 0.05) is 6.54 Å². The number of nitrogens with one attached hydrogen (secondary N) is 2. The lowest BCUT2D eigenvalue weighted by Gasteiger charge is -2.10. The molecule has 1 aromatic carbocycles. The summed E-state index contributed by atoms with van der Waals surface area (Å²) in [6.45, 7) is 4.19. The van der Waals surface area contributed by atoms with Crippen molar-refractivity contribution in [2.24, 2.45) is 4.99 Å². The number of guanidine groups is 1. The molecular weight excluding hydrogens is 489 g/mol. The highest BCUT2D eigenvalue weighted by Crippen LogP contribution is 2.40. The molecule has 3 rings (SSSR count). The standard InChI is InChI=1S/C16H18BrN3O3.HI/c1-2-18-16(20-9-12-4-3-5-21-12)19-8-11-6-13(17)15-14(7-11)22-10-23-15;/h3-7H,2,8-10H2,1H3,(H2,18,19,20);1H. The predicted octanol–water partition coefficient (Wildman–Crippen LogP) is 3.64. The molecule has 0 unspecified atom stereocenters. The van der Waals surface area contributed by atoms with E-state index in [0.717, 1.165) is 39.8 Å². The molecule has 0 spiro atoms. The molecule has 0 radical (unpaired) electrons. The molecule has 0 saturated carbocycles. The van der Waals surface area contributed by atoms with E-state index in [1.807, 2.05) is 31.2 Å². The molecule has 2 heterocycles. The summed E-state index contributed by atoms with van der Waals surface area (Å²) < 4.78 is 17.0. The smallest absolute Gasteiger partial charge is 0.231 e. The van der Waals surface area contributed by atoms with Gasteiger partial charge in [0.1, 0.15) is 5.76 Å². The Morgan fingerprint density at radius 1 is 1.29 bits per heavy atom. The van der Waals surface area contributed by atoms with Crippen LogP contribution in [0, 0.1) is 0 Å². The van der Waals surface area contributed by atoms with Gasteiger partial charge in [0.15, 0.2) is 17.5 Å². The van der Waals surface area contributed by atoms with Crippen LogP contribution in [0.5, 0.6) is 11.5 Å². The number of aliphatic imine (C=N–C) groups is 1. The zero-order valence-corrected chi connectivity index (χ0v) is 17.1. The largest absolute Gasteiger partial charge is 0.467 e. The van der Waals surface area contributed by atoms with Crippen LogP contribution in [0.4, 0.5) is 0 Å². The third-order valence-electron chi connectivity index (χ3n) is 3.26. The van der Waals surface area contributed by atoms with E-state index in [4.69, 9.17) is 13.9 Å². The van der Waals surface area contributed by atoms with Gasteiger partial charge in [-0.15, -0.1) is 24.0 Å². The predicted molar refractivity (Wildman–Crippen MR) is 106 cm³/mol. The fourth-order valence-electron chi connectivity index (χ4n) is 2.21. The summed E-state index contributed by atoms with van der Waals surface area (Å²) in [5.74, 6) is 3.10. The van der Waals surface area contributed by atoms with Crippen LogP contribution in [-0.2, 0) is 13.1 Å². The number of hydrogen-bond acceptors (Lipinski definition) is 4. The first-order valence-corrected chi connectivity index (χ1v) is 8.18. The van der Waals surface area contributed by atoms with E-state index in [1.165, 1.54) is 0 Å². The van der Waals surface area contributed by atoms with Gasteiger partial charge in [0.25, 0.3) is 0 Å². The maximum atomic E-state index is 5.43. The highest BCUT2D eigenvalue weighted by molar-refractivity contribution is 14.0. The molecule has 0 amide bonds. The molecule has 24 heavy (non-hydrogen) atoms. The van der Waals surface area contributed by atoms with Crippen LogP contribution in [0.15, 0.2) is 44.4 Å². The first-order chi connectivity index (χ1) is 11.3. The number of ether oxygens (including phenoxy) is 2. The van der Waals surface area contributed by atoms with Gasteiger partial charge in [-0.3, -0.25) is 0 Å². The highest BCUT2D eigenvalue weighted by Gasteiger charge is 2.17. The van der Waals surface area contributed by atoms with Crippen LogP contribution in [0.25, 0.3) is 0 Å². The molecule has 0 bridgehead atoms. The Labute approximate surface area is 166 Å². The second-order valence-corrected chi connectivity index (χ2v) is 5.79. The molecule has 0 aliphatic carbocycles. The average molecular weight is 508 g/mol. The quantitative estimate of drug-likeness (QED) is 0.367. The van der Waals surface area contributed by atoms with Crippen molar-refractivity contribution in [2.75, 3.05) is 13.3 Å². The summed E-state index contributed by atoms with van der Waals surface area (Å²) in [6, 6.07) is 7.73. The molecule has 0 atom stereocenters. The first-order valence-electron chi connectivity index (χ1n) is 7.39. The van der Waals surface area contributed by atoms with Crippen molar-refractivity contribution in [3.63, 3.8) is 0 Å². The summed E-state index contributed by atoms with van der Waals surface area (Å²) >= 11 is 3.50. The second-order valence-electron chi connectivity index (χ2n) is 4.94.